The number of piperidine rings is 1. The fourth-order valence-corrected chi connectivity index (χ4v) is 3.19. The zero-order chi connectivity index (χ0) is 15.4. The average Bonchev–Trinajstić information content (AvgIpc) is 2.51. The lowest BCUT2D eigenvalue weighted by Gasteiger charge is -2.33. The number of hydrogen-bond acceptors (Lipinski definition) is 2. The number of rotatable bonds is 4. The number of aryl methyl sites for hydroxylation is 1. The molecule has 1 aromatic rings. The van der Waals surface area contributed by atoms with Crippen LogP contribution in [0.15, 0.2) is 18.2 Å². The van der Waals surface area contributed by atoms with Crippen LogP contribution < -0.4 is 5.32 Å². The Kier molecular flexibility index (Phi) is 5.34. The maximum Gasteiger partial charge on any atom is 0.239 e. The molecule has 2 atom stereocenters. The number of carbonyl (C=O) groups is 1. The molecular formula is C17H25FN2O. The van der Waals surface area contributed by atoms with Crippen molar-refractivity contribution in [2.45, 2.75) is 45.6 Å². The fourth-order valence-electron chi connectivity index (χ4n) is 3.19. The first-order chi connectivity index (χ1) is 10.1. The number of halogens is 1. The van der Waals surface area contributed by atoms with Gasteiger partial charge in [0.2, 0.25) is 5.91 Å². The molecule has 21 heavy (non-hydrogen) atoms. The summed E-state index contributed by atoms with van der Waals surface area (Å²) in [7, 11) is 0. The summed E-state index contributed by atoms with van der Waals surface area (Å²) < 4.78 is 13.5. The Labute approximate surface area is 126 Å². The van der Waals surface area contributed by atoms with Crippen LogP contribution in [-0.2, 0) is 4.79 Å². The molecule has 0 spiro atoms. The van der Waals surface area contributed by atoms with Crippen molar-refractivity contribution < 1.29 is 9.18 Å². The second-order valence-corrected chi connectivity index (χ2v) is 5.74. The summed E-state index contributed by atoms with van der Waals surface area (Å²) in [4.78, 5) is 14.3. The van der Waals surface area contributed by atoms with E-state index >= 15 is 0 Å². The van der Waals surface area contributed by atoms with Gasteiger partial charge in [-0.1, -0.05) is 6.07 Å². The van der Waals surface area contributed by atoms with Gasteiger partial charge in [0.05, 0.1) is 6.04 Å². The number of likely N-dealkylation sites (N-methyl/N-ethyl adjacent to an activating group) is 1. The summed E-state index contributed by atoms with van der Waals surface area (Å²) >= 11 is 0. The molecule has 1 amide bonds. The van der Waals surface area contributed by atoms with Crippen LogP contribution in [0.2, 0.25) is 0 Å². The molecule has 116 valence electrons. The molecular weight excluding hydrogens is 267 g/mol. The second kappa shape index (κ2) is 7.03. The molecule has 4 heteroatoms. The van der Waals surface area contributed by atoms with Crippen molar-refractivity contribution >= 4 is 5.91 Å². The number of hydrogen-bond donors (Lipinski definition) is 1. The van der Waals surface area contributed by atoms with Gasteiger partial charge in [0, 0.05) is 13.1 Å². The van der Waals surface area contributed by atoms with Gasteiger partial charge in [0.15, 0.2) is 0 Å². The van der Waals surface area contributed by atoms with E-state index in [1.807, 2.05) is 31.7 Å². The normalized spacial score (nSPS) is 22.1. The highest BCUT2D eigenvalue weighted by Crippen LogP contribution is 2.31. The van der Waals surface area contributed by atoms with E-state index in [1.54, 1.807) is 6.07 Å². The van der Waals surface area contributed by atoms with Crippen molar-refractivity contribution in [3.8, 4) is 0 Å². The molecule has 1 N–H and O–H groups in total. The number of benzene rings is 1. The van der Waals surface area contributed by atoms with Crippen molar-refractivity contribution in [3.05, 3.63) is 35.1 Å². The van der Waals surface area contributed by atoms with E-state index in [1.165, 1.54) is 6.07 Å². The smallest absolute Gasteiger partial charge is 0.239 e. The molecule has 0 saturated carbocycles. The molecule has 0 bridgehead atoms. The van der Waals surface area contributed by atoms with E-state index in [9.17, 15) is 9.18 Å². The third-order valence-electron chi connectivity index (χ3n) is 4.46. The van der Waals surface area contributed by atoms with Gasteiger partial charge in [-0.05, 0) is 69.3 Å². The van der Waals surface area contributed by atoms with Gasteiger partial charge in [0.1, 0.15) is 5.82 Å². The van der Waals surface area contributed by atoms with Gasteiger partial charge in [-0.3, -0.25) is 4.79 Å². The summed E-state index contributed by atoms with van der Waals surface area (Å²) in [5.41, 5.74) is 2.16. The highest BCUT2D eigenvalue weighted by Gasteiger charge is 2.30. The van der Waals surface area contributed by atoms with Crippen molar-refractivity contribution in [2.24, 2.45) is 0 Å². The van der Waals surface area contributed by atoms with E-state index < -0.39 is 0 Å². The summed E-state index contributed by atoms with van der Waals surface area (Å²) in [5, 5.41) is 3.32. The van der Waals surface area contributed by atoms with E-state index in [2.05, 4.69) is 5.32 Å². The molecule has 0 aliphatic carbocycles. The van der Waals surface area contributed by atoms with Crippen LogP contribution in [0.3, 0.4) is 0 Å². The Balaban J connectivity index is 2.13. The monoisotopic (exact) mass is 292 g/mol. The van der Waals surface area contributed by atoms with Crippen LogP contribution >= 0.6 is 0 Å². The molecule has 0 aromatic heterocycles. The van der Waals surface area contributed by atoms with E-state index in [4.69, 9.17) is 0 Å². The fraction of sp³-hybridized carbons (Fsp3) is 0.588. The predicted octanol–water partition coefficient (Wildman–Crippen LogP) is 2.84. The average molecular weight is 292 g/mol. The van der Waals surface area contributed by atoms with Crippen molar-refractivity contribution in [1.29, 1.82) is 0 Å². The van der Waals surface area contributed by atoms with Gasteiger partial charge in [-0.25, -0.2) is 4.39 Å². The molecule has 0 radical (unpaired) electrons. The van der Waals surface area contributed by atoms with Crippen molar-refractivity contribution in [2.75, 3.05) is 19.6 Å². The van der Waals surface area contributed by atoms with Crippen molar-refractivity contribution in [1.82, 2.24) is 10.2 Å². The molecule has 1 fully saturated rings. The lowest BCUT2D eigenvalue weighted by Crippen LogP contribution is -2.49. The summed E-state index contributed by atoms with van der Waals surface area (Å²) in [6.45, 7) is 8.28. The molecule has 1 aliphatic heterocycles. The van der Waals surface area contributed by atoms with Gasteiger partial charge < -0.3 is 10.2 Å². The molecule has 1 heterocycles. The van der Waals surface area contributed by atoms with Gasteiger partial charge in [-0.2, -0.15) is 0 Å². The first-order valence-electron chi connectivity index (χ1n) is 7.85. The lowest BCUT2D eigenvalue weighted by atomic mass is 9.84. The Morgan fingerprint density at radius 2 is 2.10 bits per heavy atom. The van der Waals surface area contributed by atoms with Crippen LogP contribution in [-0.4, -0.2) is 36.5 Å². The van der Waals surface area contributed by atoms with Crippen LogP contribution in [0.5, 0.6) is 0 Å². The quantitative estimate of drug-likeness (QED) is 0.925. The topological polar surface area (TPSA) is 32.3 Å². The maximum atomic E-state index is 13.5. The minimum Gasteiger partial charge on any atom is -0.342 e. The Morgan fingerprint density at radius 3 is 2.76 bits per heavy atom. The highest BCUT2D eigenvalue weighted by molar-refractivity contribution is 5.82. The summed E-state index contributed by atoms with van der Waals surface area (Å²) in [6.07, 6.45) is 1.70. The van der Waals surface area contributed by atoms with Crippen LogP contribution in [0.25, 0.3) is 0 Å². The number of nitrogens with one attached hydrogen (secondary N) is 1. The van der Waals surface area contributed by atoms with Gasteiger partial charge >= 0.3 is 0 Å². The van der Waals surface area contributed by atoms with E-state index in [0.29, 0.717) is 0 Å². The third-order valence-corrected chi connectivity index (χ3v) is 4.46. The standard InChI is InChI=1S/C17H25FN2O/c1-4-20(5-2)17(21)16-10-13(8-9-19-16)15-11-14(18)7-6-12(15)3/h6-7,11,13,16,19H,4-5,8-10H2,1-3H3. The Hall–Kier alpha value is -1.42. The largest absolute Gasteiger partial charge is 0.342 e. The number of nitrogens with zero attached hydrogens (tertiary/aromatic N) is 1. The molecule has 1 aromatic carbocycles. The number of carbonyl (C=O) groups excluding carboxylic acids is 1. The SMILES string of the molecule is CCN(CC)C(=O)C1CC(c2cc(F)ccc2C)CCN1. The van der Waals surface area contributed by atoms with Crippen LogP contribution in [0, 0.1) is 12.7 Å². The van der Waals surface area contributed by atoms with Crippen LogP contribution in [0.4, 0.5) is 4.39 Å². The first-order valence-corrected chi connectivity index (χ1v) is 7.85. The first kappa shape index (κ1) is 16.0. The van der Waals surface area contributed by atoms with Gasteiger partial charge in [0.25, 0.3) is 0 Å². The van der Waals surface area contributed by atoms with E-state index in [0.717, 1.165) is 43.6 Å². The van der Waals surface area contributed by atoms with E-state index in [-0.39, 0.29) is 23.7 Å². The summed E-state index contributed by atoms with van der Waals surface area (Å²) in [5.74, 6) is 0.228. The third kappa shape index (κ3) is 3.62. The number of amides is 1. The minimum atomic E-state index is -0.194. The van der Waals surface area contributed by atoms with Crippen LogP contribution in [0.1, 0.15) is 43.7 Å². The maximum absolute atomic E-state index is 13.5. The Morgan fingerprint density at radius 1 is 1.38 bits per heavy atom. The molecule has 1 saturated heterocycles. The summed E-state index contributed by atoms with van der Waals surface area (Å²) in [6, 6.07) is 4.81. The lowest BCUT2D eigenvalue weighted by molar-refractivity contribution is -0.133. The van der Waals surface area contributed by atoms with Gasteiger partial charge in [-0.15, -0.1) is 0 Å². The minimum absolute atomic E-state index is 0.147. The second-order valence-electron chi connectivity index (χ2n) is 5.74. The molecule has 3 nitrogen and oxygen atoms in total. The molecule has 1 aliphatic rings. The predicted molar refractivity (Wildman–Crippen MR) is 82.8 cm³/mol. The molecule has 2 unspecified atom stereocenters. The van der Waals surface area contributed by atoms with Crippen molar-refractivity contribution in [3.63, 3.8) is 0 Å². The molecule has 2 rings (SSSR count). The zero-order valence-electron chi connectivity index (χ0n) is 13.2. The Bertz CT molecular complexity index is 500. The highest BCUT2D eigenvalue weighted by atomic mass is 19.1. The zero-order valence-corrected chi connectivity index (χ0v) is 13.2.